The van der Waals surface area contributed by atoms with Crippen LogP contribution in [0.5, 0.6) is 0 Å². The van der Waals surface area contributed by atoms with Crippen LogP contribution in [-0.4, -0.2) is 31.4 Å². The molecule has 0 unspecified atom stereocenters. The predicted octanol–water partition coefficient (Wildman–Crippen LogP) is 5.13. The van der Waals surface area contributed by atoms with Crippen LogP contribution in [-0.2, 0) is 22.0 Å². The number of rotatable bonds is 6. The topological polar surface area (TPSA) is 55.1 Å². The lowest BCUT2D eigenvalue weighted by atomic mass is 10.1. The smallest absolute Gasteiger partial charge is 0.126 e. The van der Waals surface area contributed by atoms with Crippen molar-refractivity contribution in [1.29, 1.82) is 0 Å². The van der Waals surface area contributed by atoms with Crippen LogP contribution in [0.3, 0.4) is 0 Å². The zero-order valence-electron chi connectivity index (χ0n) is 19.3. The van der Waals surface area contributed by atoms with E-state index >= 15 is 0 Å². The van der Waals surface area contributed by atoms with E-state index in [0.29, 0.717) is 23.5 Å². The van der Waals surface area contributed by atoms with Gasteiger partial charge in [0.05, 0.1) is 5.69 Å². The first-order chi connectivity index (χ1) is 15.5. The number of hydrogen-bond acceptors (Lipinski definition) is 3. The van der Waals surface area contributed by atoms with Crippen molar-refractivity contribution in [2.75, 3.05) is 12.5 Å². The summed E-state index contributed by atoms with van der Waals surface area (Å²) >= 11 is 0. The fourth-order valence-electron chi connectivity index (χ4n) is 3.71. The second-order valence-corrected chi connectivity index (χ2v) is 12.4. The average Bonchev–Trinajstić information content (AvgIpc) is 3.19. The zero-order chi connectivity index (χ0) is 23.8. The molecule has 0 aliphatic rings. The Morgan fingerprint density at radius 3 is 2.30 bits per heavy atom. The van der Waals surface area contributed by atoms with Crippen LogP contribution >= 0.6 is 0 Å². The molecule has 0 amide bonds. The quantitative estimate of drug-likeness (QED) is 0.389. The Morgan fingerprint density at radius 1 is 0.970 bits per heavy atom. The molecule has 6 heteroatoms. The lowest BCUT2D eigenvalue weighted by Crippen LogP contribution is -2.16. The highest BCUT2D eigenvalue weighted by Crippen LogP contribution is 2.27. The number of hydrogen-bond donors (Lipinski definition) is 2. The maximum absolute atomic E-state index is 14.3. The van der Waals surface area contributed by atoms with Gasteiger partial charge in [-0.05, 0) is 73.4 Å². The average molecular weight is 465 g/mol. The van der Waals surface area contributed by atoms with Crippen molar-refractivity contribution in [2.45, 2.75) is 30.8 Å². The van der Waals surface area contributed by atoms with E-state index in [1.165, 1.54) is 6.07 Å². The van der Waals surface area contributed by atoms with Gasteiger partial charge in [0.15, 0.2) is 0 Å². The monoisotopic (exact) mass is 464 g/mol. The molecule has 1 heterocycles. The van der Waals surface area contributed by atoms with E-state index in [1.54, 1.807) is 50.8 Å². The summed E-state index contributed by atoms with van der Waals surface area (Å²) in [6.45, 7) is 3.37. The minimum absolute atomic E-state index is 0.281. The molecule has 3 aromatic carbocycles. The fourth-order valence-corrected chi connectivity index (χ4v) is 4.60. The van der Waals surface area contributed by atoms with Crippen molar-refractivity contribution in [1.82, 2.24) is 9.55 Å². The molecule has 0 aliphatic heterocycles. The Balaban J connectivity index is 1.72. The fraction of sp³-hybridized carbons (Fsp3) is 0.222. The van der Waals surface area contributed by atoms with Crippen LogP contribution in [0, 0.1) is 5.82 Å². The molecular formula is C27H29FN2O2S. The lowest BCUT2D eigenvalue weighted by Gasteiger charge is -2.14. The molecule has 0 bridgehead atoms. The van der Waals surface area contributed by atoms with Crippen LogP contribution in [0.2, 0.25) is 0 Å². The first-order valence-electron chi connectivity index (χ1n) is 10.8. The molecule has 172 valence electrons. The van der Waals surface area contributed by atoms with Gasteiger partial charge in [0, 0.05) is 23.2 Å². The van der Waals surface area contributed by atoms with Gasteiger partial charge in [-0.2, -0.15) is 0 Å². The molecule has 0 saturated carbocycles. The van der Waals surface area contributed by atoms with E-state index in [9.17, 15) is 13.7 Å². The molecule has 1 aromatic heterocycles. The molecule has 0 fully saturated rings. The van der Waals surface area contributed by atoms with Crippen molar-refractivity contribution in [3.8, 4) is 16.8 Å². The van der Waals surface area contributed by atoms with Crippen molar-refractivity contribution in [3.05, 3.63) is 102 Å². The van der Waals surface area contributed by atoms with Crippen molar-refractivity contribution < 1.29 is 13.7 Å². The Kier molecular flexibility index (Phi) is 6.08. The van der Waals surface area contributed by atoms with Gasteiger partial charge >= 0.3 is 0 Å². The first kappa shape index (κ1) is 23.1. The van der Waals surface area contributed by atoms with Gasteiger partial charge in [-0.15, -0.1) is 0 Å². The molecular weight excluding hydrogens is 435 g/mol. The Bertz CT molecular complexity index is 1330. The standard InChI is InChI=1S/C27H29FN2O2S/c1-27(2,31)25-18-30(26(29-25)17-21-8-5-6-11-24(21)28)22-14-12-19(13-15-22)20-9-7-10-23(16-20)33(3,4)32/h5-16,18,31,33H,17H2,1-4H3. The summed E-state index contributed by atoms with van der Waals surface area (Å²) in [7, 11) is -2.35. The van der Waals surface area contributed by atoms with Gasteiger partial charge in [-0.3, -0.25) is 4.21 Å². The van der Waals surface area contributed by atoms with E-state index < -0.39 is 15.5 Å². The van der Waals surface area contributed by atoms with Crippen LogP contribution in [0.15, 0.2) is 83.9 Å². The molecule has 0 saturated heterocycles. The second-order valence-electron chi connectivity index (χ2n) is 9.19. The normalized spacial score (nSPS) is 12.7. The third kappa shape index (κ3) is 5.13. The molecule has 0 spiro atoms. The molecule has 1 N–H and O–H groups in total. The maximum Gasteiger partial charge on any atom is 0.126 e. The highest BCUT2D eigenvalue weighted by Gasteiger charge is 2.23. The highest BCUT2D eigenvalue weighted by molar-refractivity contribution is 8.01. The molecule has 0 aliphatic carbocycles. The molecule has 4 rings (SSSR count). The number of aromatic nitrogens is 2. The molecule has 4 nitrogen and oxygen atoms in total. The molecule has 33 heavy (non-hydrogen) atoms. The number of benzene rings is 3. The third-order valence-corrected chi connectivity index (χ3v) is 7.18. The van der Waals surface area contributed by atoms with E-state index in [4.69, 9.17) is 0 Å². The van der Waals surface area contributed by atoms with Gasteiger partial charge in [0.25, 0.3) is 0 Å². The van der Waals surface area contributed by atoms with Crippen LogP contribution in [0.1, 0.15) is 30.9 Å². The first-order valence-corrected chi connectivity index (χ1v) is 13.4. The van der Waals surface area contributed by atoms with Gasteiger partial charge in [0.2, 0.25) is 0 Å². The molecule has 0 atom stereocenters. The number of halogens is 1. The maximum atomic E-state index is 14.3. The zero-order valence-corrected chi connectivity index (χ0v) is 20.2. The van der Waals surface area contributed by atoms with Gasteiger partial charge in [0.1, 0.15) is 17.2 Å². The summed E-state index contributed by atoms with van der Waals surface area (Å²) in [5.41, 5.74) is 2.81. The SMILES string of the molecule is CC(C)(O)c1cn(-c2ccc(-c3cccc([SH](C)(C)=O)c3)cc2)c(Cc2ccccc2F)n1. The van der Waals surface area contributed by atoms with Gasteiger partial charge in [-0.25, -0.2) is 9.37 Å². The molecule has 4 aromatic rings. The summed E-state index contributed by atoms with van der Waals surface area (Å²) in [5, 5.41) is 10.5. The predicted molar refractivity (Wildman–Crippen MR) is 133 cm³/mol. The second kappa shape index (κ2) is 8.69. The largest absolute Gasteiger partial charge is 0.384 e. The number of thiol groups is 1. The third-order valence-electron chi connectivity index (χ3n) is 5.66. The van der Waals surface area contributed by atoms with E-state index in [-0.39, 0.29) is 5.82 Å². The van der Waals surface area contributed by atoms with Crippen molar-refractivity contribution >= 4 is 9.93 Å². The van der Waals surface area contributed by atoms with Crippen LogP contribution in [0.4, 0.5) is 4.39 Å². The Labute approximate surface area is 195 Å². The van der Waals surface area contributed by atoms with Crippen molar-refractivity contribution in [3.63, 3.8) is 0 Å². The number of aliphatic hydroxyl groups is 1. The van der Waals surface area contributed by atoms with E-state index in [1.807, 2.05) is 53.1 Å². The summed E-state index contributed by atoms with van der Waals surface area (Å²) < 4.78 is 28.7. The summed E-state index contributed by atoms with van der Waals surface area (Å²) in [6.07, 6.45) is 5.64. The minimum Gasteiger partial charge on any atom is -0.384 e. The van der Waals surface area contributed by atoms with Gasteiger partial charge in [-0.1, -0.05) is 52.4 Å². The van der Waals surface area contributed by atoms with Crippen LogP contribution in [0.25, 0.3) is 16.8 Å². The van der Waals surface area contributed by atoms with Crippen molar-refractivity contribution in [2.24, 2.45) is 0 Å². The Morgan fingerprint density at radius 2 is 1.67 bits per heavy atom. The van der Waals surface area contributed by atoms with Crippen LogP contribution < -0.4 is 0 Å². The minimum atomic E-state index is -2.35. The lowest BCUT2D eigenvalue weighted by molar-refractivity contribution is 0.0741. The highest BCUT2D eigenvalue weighted by atomic mass is 32.2. The summed E-state index contributed by atoms with van der Waals surface area (Å²) in [5.74, 6) is 0.362. The summed E-state index contributed by atoms with van der Waals surface area (Å²) in [6, 6.07) is 22.4. The Hall–Kier alpha value is -3.09. The number of nitrogens with zero attached hydrogens (tertiary/aromatic N) is 2. The van der Waals surface area contributed by atoms with E-state index in [0.717, 1.165) is 21.7 Å². The van der Waals surface area contributed by atoms with Gasteiger partial charge < -0.3 is 9.67 Å². The number of imidazole rings is 1. The van der Waals surface area contributed by atoms with E-state index in [2.05, 4.69) is 4.98 Å². The summed E-state index contributed by atoms with van der Waals surface area (Å²) in [4.78, 5) is 5.48. The molecule has 0 radical (unpaired) electrons.